The van der Waals surface area contributed by atoms with Crippen molar-refractivity contribution in [2.75, 3.05) is 19.8 Å². The van der Waals surface area contributed by atoms with Crippen LogP contribution in [0, 0.1) is 5.41 Å². The summed E-state index contributed by atoms with van der Waals surface area (Å²) in [5.74, 6) is -2.32. The third-order valence-electron chi connectivity index (χ3n) is 2.77. The lowest BCUT2D eigenvalue weighted by molar-refractivity contribution is -0.223. The van der Waals surface area contributed by atoms with Crippen molar-refractivity contribution in [1.29, 1.82) is 0 Å². The Bertz CT molecular complexity index is 320. The van der Waals surface area contributed by atoms with E-state index < -0.39 is 24.4 Å². The molecule has 0 aromatic rings. The molecule has 0 bridgehead atoms. The summed E-state index contributed by atoms with van der Waals surface area (Å²) >= 11 is 0. The Morgan fingerprint density at radius 2 is 1.89 bits per heavy atom. The normalized spacial score (nSPS) is 20.9. The van der Waals surface area contributed by atoms with E-state index in [1.54, 1.807) is 0 Å². The van der Waals surface area contributed by atoms with Gasteiger partial charge in [0.15, 0.2) is 6.29 Å². The minimum Gasteiger partial charge on any atom is -0.481 e. The first-order chi connectivity index (χ1) is 8.80. The molecule has 0 radical (unpaired) electrons. The van der Waals surface area contributed by atoms with E-state index in [-0.39, 0.29) is 11.7 Å². The molecule has 1 saturated heterocycles. The lowest BCUT2D eigenvalue weighted by atomic mass is 9.95. The van der Waals surface area contributed by atoms with Crippen LogP contribution in [-0.4, -0.2) is 54.2 Å². The molecule has 0 aromatic heterocycles. The average molecular weight is 275 g/mol. The molecule has 19 heavy (non-hydrogen) atoms. The van der Waals surface area contributed by atoms with Crippen LogP contribution >= 0.6 is 0 Å². The highest BCUT2D eigenvalue weighted by Crippen LogP contribution is 2.23. The van der Waals surface area contributed by atoms with Gasteiger partial charge in [-0.1, -0.05) is 13.8 Å². The van der Waals surface area contributed by atoms with Crippen molar-refractivity contribution in [3.8, 4) is 0 Å². The fourth-order valence-electron chi connectivity index (χ4n) is 1.69. The molecule has 0 saturated carbocycles. The quantitative estimate of drug-likeness (QED) is 0.613. The second-order valence-corrected chi connectivity index (χ2v) is 5.45. The van der Waals surface area contributed by atoms with E-state index >= 15 is 0 Å². The Morgan fingerprint density at radius 3 is 2.37 bits per heavy atom. The van der Waals surface area contributed by atoms with Gasteiger partial charge in [0.1, 0.15) is 6.04 Å². The van der Waals surface area contributed by atoms with Crippen molar-refractivity contribution in [3.63, 3.8) is 0 Å². The Labute approximate surface area is 111 Å². The fourth-order valence-corrected chi connectivity index (χ4v) is 1.69. The second-order valence-electron chi connectivity index (χ2n) is 5.45. The SMILES string of the molecule is CC1(C)COC(CCNC(CC(=O)O)C(=O)O)OC1. The third kappa shape index (κ3) is 6.00. The van der Waals surface area contributed by atoms with E-state index in [0.29, 0.717) is 26.2 Å². The first-order valence-corrected chi connectivity index (χ1v) is 6.21. The molecule has 7 nitrogen and oxygen atoms in total. The molecular weight excluding hydrogens is 254 g/mol. The zero-order chi connectivity index (χ0) is 14.5. The Morgan fingerprint density at radius 1 is 1.32 bits per heavy atom. The molecule has 1 aliphatic rings. The largest absolute Gasteiger partial charge is 0.481 e. The number of carbonyl (C=O) groups is 2. The maximum absolute atomic E-state index is 10.8. The maximum Gasteiger partial charge on any atom is 0.321 e. The predicted molar refractivity (Wildman–Crippen MR) is 65.8 cm³/mol. The van der Waals surface area contributed by atoms with Crippen LogP contribution in [0.5, 0.6) is 0 Å². The molecule has 0 aromatic carbocycles. The lowest BCUT2D eigenvalue weighted by Gasteiger charge is -2.34. The van der Waals surface area contributed by atoms with Crippen LogP contribution in [0.1, 0.15) is 26.7 Å². The molecule has 0 aliphatic carbocycles. The van der Waals surface area contributed by atoms with E-state index in [4.69, 9.17) is 19.7 Å². The lowest BCUT2D eigenvalue weighted by Crippen LogP contribution is -2.42. The van der Waals surface area contributed by atoms with Crippen molar-refractivity contribution in [3.05, 3.63) is 0 Å². The highest BCUT2D eigenvalue weighted by Gasteiger charge is 2.28. The number of ether oxygens (including phenoxy) is 2. The monoisotopic (exact) mass is 275 g/mol. The van der Waals surface area contributed by atoms with Crippen molar-refractivity contribution >= 4 is 11.9 Å². The smallest absolute Gasteiger partial charge is 0.321 e. The Balaban J connectivity index is 2.25. The van der Waals surface area contributed by atoms with Gasteiger partial charge in [0.05, 0.1) is 19.6 Å². The number of carboxylic acid groups (broad SMARTS) is 2. The topological polar surface area (TPSA) is 105 Å². The van der Waals surface area contributed by atoms with Gasteiger partial charge < -0.3 is 25.0 Å². The van der Waals surface area contributed by atoms with Gasteiger partial charge in [-0.05, 0) is 0 Å². The Kier molecular flexibility index (Phi) is 5.71. The first kappa shape index (κ1) is 15.9. The highest BCUT2D eigenvalue weighted by atomic mass is 16.7. The zero-order valence-corrected chi connectivity index (χ0v) is 11.2. The van der Waals surface area contributed by atoms with E-state index in [1.165, 1.54) is 0 Å². The van der Waals surface area contributed by atoms with E-state index in [0.717, 1.165) is 0 Å². The van der Waals surface area contributed by atoms with Gasteiger partial charge in [-0.15, -0.1) is 0 Å². The highest BCUT2D eigenvalue weighted by molar-refractivity contribution is 5.80. The molecule has 0 spiro atoms. The minimum atomic E-state index is -1.17. The molecule has 3 N–H and O–H groups in total. The summed E-state index contributed by atoms with van der Waals surface area (Å²) in [6.45, 7) is 5.59. The molecular formula is C12H21NO6. The third-order valence-corrected chi connectivity index (χ3v) is 2.77. The molecule has 7 heteroatoms. The van der Waals surface area contributed by atoms with Crippen LogP contribution in [0.3, 0.4) is 0 Å². The summed E-state index contributed by atoms with van der Waals surface area (Å²) in [5.41, 5.74) is -0.00314. The van der Waals surface area contributed by atoms with Crippen LogP contribution in [0.25, 0.3) is 0 Å². The van der Waals surface area contributed by atoms with Gasteiger partial charge in [-0.3, -0.25) is 9.59 Å². The van der Waals surface area contributed by atoms with Crippen LogP contribution in [0.2, 0.25) is 0 Å². The summed E-state index contributed by atoms with van der Waals surface area (Å²) in [5, 5.41) is 20.1. The van der Waals surface area contributed by atoms with Crippen molar-refractivity contribution in [2.24, 2.45) is 5.41 Å². The van der Waals surface area contributed by atoms with E-state index in [9.17, 15) is 9.59 Å². The average Bonchev–Trinajstić information content (AvgIpc) is 2.29. The van der Waals surface area contributed by atoms with Gasteiger partial charge in [0.2, 0.25) is 0 Å². The fraction of sp³-hybridized carbons (Fsp3) is 0.833. The minimum absolute atomic E-state index is 0.00314. The van der Waals surface area contributed by atoms with Gasteiger partial charge in [-0.25, -0.2) is 0 Å². The van der Waals surface area contributed by atoms with E-state index in [1.807, 2.05) is 13.8 Å². The van der Waals surface area contributed by atoms with Crippen LogP contribution in [-0.2, 0) is 19.1 Å². The molecule has 1 aliphatic heterocycles. The number of aliphatic carboxylic acids is 2. The number of hydrogen-bond acceptors (Lipinski definition) is 5. The zero-order valence-electron chi connectivity index (χ0n) is 11.2. The summed E-state index contributed by atoms with van der Waals surface area (Å²) in [7, 11) is 0. The summed E-state index contributed by atoms with van der Waals surface area (Å²) in [6, 6.07) is -1.09. The molecule has 1 fully saturated rings. The van der Waals surface area contributed by atoms with Crippen molar-refractivity contribution < 1.29 is 29.3 Å². The number of rotatable bonds is 7. The molecule has 110 valence electrons. The molecule has 1 heterocycles. The summed E-state index contributed by atoms with van der Waals surface area (Å²) < 4.78 is 11.0. The summed E-state index contributed by atoms with van der Waals surface area (Å²) in [6.07, 6.45) is -0.325. The number of hydrogen-bond donors (Lipinski definition) is 3. The molecule has 1 rings (SSSR count). The Hall–Kier alpha value is -1.18. The van der Waals surface area contributed by atoms with Crippen molar-refractivity contribution in [2.45, 2.75) is 39.0 Å². The maximum atomic E-state index is 10.8. The summed E-state index contributed by atoms with van der Waals surface area (Å²) in [4.78, 5) is 21.3. The van der Waals surface area contributed by atoms with Gasteiger partial charge in [0.25, 0.3) is 0 Å². The number of carboxylic acids is 2. The van der Waals surface area contributed by atoms with Gasteiger partial charge in [0, 0.05) is 18.4 Å². The predicted octanol–water partition coefficient (Wildman–Crippen LogP) is 0.293. The standard InChI is InChI=1S/C12H21NO6/c1-12(2)6-18-10(19-7-12)3-4-13-8(11(16)17)5-9(14)15/h8,10,13H,3-7H2,1-2H3,(H,14,15)(H,16,17). The molecule has 1 unspecified atom stereocenters. The van der Waals surface area contributed by atoms with Crippen molar-refractivity contribution in [1.82, 2.24) is 5.32 Å². The van der Waals surface area contributed by atoms with Crippen LogP contribution in [0.4, 0.5) is 0 Å². The molecule has 0 amide bonds. The van der Waals surface area contributed by atoms with E-state index in [2.05, 4.69) is 5.32 Å². The molecule has 1 atom stereocenters. The van der Waals surface area contributed by atoms with Crippen LogP contribution in [0.15, 0.2) is 0 Å². The second kappa shape index (κ2) is 6.83. The number of nitrogens with one attached hydrogen (secondary N) is 1. The van der Waals surface area contributed by atoms with Gasteiger partial charge >= 0.3 is 11.9 Å². The van der Waals surface area contributed by atoms with Crippen LogP contribution < -0.4 is 5.32 Å². The van der Waals surface area contributed by atoms with Gasteiger partial charge in [-0.2, -0.15) is 0 Å². The first-order valence-electron chi connectivity index (χ1n) is 6.21.